The zero-order valence-corrected chi connectivity index (χ0v) is 14.5. The van der Waals surface area contributed by atoms with Crippen molar-refractivity contribution in [3.05, 3.63) is 0 Å². The molecule has 0 aromatic heterocycles. The lowest BCUT2D eigenvalue weighted by Gasteiger charge is -2.37. The zero-order valence-electron chi connectivity index (χ0n) is 14.5. The number of ether oxygens (including phenoxy) is 1. The van der Waals surface area contributed by atoms with E-state index in [9.17, 15) is 14.7 Å². The fraction of sp³-hybridized carbons (Fsp3) is 0.882. The van der Waals surface area contributed by atoms with Gasteiger partial charge >= 0.3 is 5.97 Å². The minimum absolute atomic E-state index is 0.00557. The summed E-state index contributed by atoms with van der Waals surface area (Å²) in [6.45, 7) is 4.21. The van der Waals surface area contributed by atoms with E-state index in [0.29, 0.717) is 45.6 Å². The van der Waals surface area contributed by atoms with Crippen LogP contribution in [0.3, 0.4) is 0 Å². The maximum absolute atomic E-state index is 12.3. The largest absolute Gasteiger partial charge is 0.467 e. The molecule has 7 nitrogen and oxygen atoms in total. The van der Waals surface area contributed by atoms with E-state index in [-0.39, 0.29) is 23.4 Å². The van der Waals surface area contributed by atoms with Crippen LogP contribution in [0, 0.1) is 5.41 Å². The maximum Gasteiger partial charge on any atom is 0.328 e. The van der Waals surface area contributed by atoms with E-state index in [4.69, 9.17) is 4.74 Å². The van der Waals surface area contributed by atoms with Gasteiger partial charge in [0.05, 0.1) is 13.2 Å². The number of methoxy groups -OCH3 is 1. The molecule has 3 aliphatic rings. The maximum atomic E-state index is 12.3. The van der Waals surface area contributed by atoms with E-state index in [1.165, 1.54) is 7.11 Å². The fourth-order valence-electron chi connectivity index (χ4n) is 3.98. The third kappa shape index (κ3) is 3.73. The van der Waals surface area contributed by atoms with Crippen LogP contribution in [0.5, 0.6) is 0 Å². The normalized spacial score (nSPS) is 28.5. The van der Waals surface area contributed by atoms with E-state index in [0.717, 1.165) is 25.8 Å². The molecule has 1 saturated carbocycles. The molecule has 2 N–H and O–H groups in total. The Bertz CT molecular complexity index is 480. The Morgan fingerprint density at radius 1 is 1.38 bits per heavy atom. The number of hydrogen-bond acceptors (Lipinski definition) is 6. The number of amides is 1. The number of rotatable bonds is 5. The Morgan fingerprint density at radius 2 is 2.17 bits per heavy atom. The number of hydrogen-bond donors (Lipinski definition) is 2. The van der Waals surface area contributed by atoms with Crippen molar-refractivity contribution in [1.29, 1.82) is 0 Å². The van der Waals surface area contributed by atoms with Crippen LogP contribution in [0.2, 0.25) is 0 Å². The average molecular weight is 339 g/mol. The second kappa shape index (κ2) is 7.37. The molecule has 7 heteroatoms. The molecule has 1 amide bonds. The number of likely N-dealkylation sites (tertiary alicyclic amines) is 1. The van der Waals surface area contributed by atoms with Crippen molar-refractivity contribution >= 4 is 11.9 Å². The summed E-state index contributed by atoms with van der Waals surface area (Å²) in [5, 5.41) is 13.5. The lowest BCUT2D eigenvalue weighted by molar-refractivity contribution is -0.153. The molecule has 2 aliphatic heterocycles. The Morgan fingerprint density at radius 3 is 2.83 bits per heavy atom. The molecule has 3 rings (SSSR count). The van der Waals surface area contributed by atoms with Crippen molar-refractivity contribution in [2.45, 2.75) is 44.2 Å². The lowest BCUT2D eigenvalue weighted by atomic mass is 9.90. The van der Waals surface area contributed by atoms with Gasteiger partial charge in [0.15, 0.2) is 0 Å². The summed E-state index contributed by atoms with van der Waals surface area (Å²) >= 11 is 0. The number of nitrogens with zero attached hydrogens (tertiary/aromatic N) is 2. The summed E-state index contributed by atoms with van der Waals surface area (Å²) < 4.78 is 4.94. The summed E-state index contributed by atoms with van der Waals surface area (Å²) in [7, 11) is 1.37. The van der Waals surface area contributed by atoms with Crippen molar-refractivity contribution in [1.82, 2.24) is 15.1 Å². The minimum Gasteiger partial charge on any atom is -0.467 e. The monoisotopic (exact) mass is 339 g/mol. The highest BCUT2D eigenvalue weighted by Gasteiger charge is 2.51. The van der Waals surface area contributed by atoms with E-state index in [1.54, 1.807) is 4.90 Å². The molecule has 2 atom stereocenters. The van der Waals surface area contributed by atoms with Crippen LogP contribution in [-0.4, -0.2) is 85.3 Å². The number of esters is 1. The van der Waals surface area contributed by atoms with E-state index >= 15 is 0 Å². The number of β-amino-alcohol motifs (C(OH)–C–C–N with tert-alkyl or cyclic N) is 1. The minimum atomic E-state index is -0.531. The quantitative estimate of drug-likeness (QED) is 0.663. The van der Waals surface area contributed by atoms with Crippen molar-refractivity contribution in [3.63, 3.8) is 0 Å². The molecular formula is C17H29N3O4. The van der Waals surface area contributed by atoms with Gasteiger partial charge < -0.3 is 25.0 Å². The number of aliphatic hydroxyl groups excluding tert-OH is 1. The van der Waals surface area contributed by atoms with Crippen LogP contribution in [0.1, 0.15) is 32.1 Å². The van der Waals surface area contributed by atoms with Gasteiger partial charge in [-0.3, -0.25) is 4.79 Å². The van der Waals surface area contributed by atoms with Crippen LogP contribution in [0.4, 0.5) is 0 Å². The number of nitrogens with one attached hydrogen (secondary N) is 1. The second-order valence-electron chi connectivity index (χ2n) is 7.34. The SMILES string of the molecule is COC(=O)C(CCN1CCC2(CC2)[C@H](O)C1)N1CCNCCC1=O. The van der Waals surface area contributed by atoms with E-state index in [1.807, 2.05) is 0 Å². The van der Waals surface area contributed by atoms with Gasteiger partial charge in [0, 0.05) is 39.1 Å². The lowest BCUT2D eigenvalue weighted by Crippen LogP contribution is -2.50. The summed E-state index contributed by atoms with van der Waals surface area (Å²) in [5.74, 6) is -0.340. The van der Waals surface area contributed by atoms with Crippen LogP contribution < -0.4 is 5.32 Å². The summed E-state index contributed by atoms with van der Waals surface area (Å²) in [4.78, 5) is 28.4. The Hall–Kier alpha value is -1.18. The van der Waals surface area contributed by atoms with E-state index in [2.05, 4.69) is 10.2 Å². The molecule has 0 radical (unpaired) electrons. The zero-order chi connectivity index (χ0) is 17.2. The molecule has 136 valence electrons. The Labute approximate surface area is 143 Å². The average Bonchev–Trinajstić information content (AvgIpc) is 3.38. The number of carbonyl (C=O) groups is 2. The van der Waals surface area contributed by atoms with E-state index < -0.39 is 6.04 Å². The molecule has 0 aromatic carbocycles. The predicted octanol–water partition coefficient (Wildman–Crippen LogP) is -0.413. The van der Waals surface area contributed by atoms with Crippen LogP contribution >= 0.6 is 0 Å². The molecule has 0 bridgehead atoms. The molecule has 1 aliphatic carbocycles. The molecule has 3 fully saturated rings. The molecule has 0 aromatic rings. The van der Waals surface area contributed by atoms with Crippen LogP contribution in [0.15, 0.2) is 0 Å². The number of aliphatic hydroxyl groups is 1. The third-order valence-corrected chi connectivity index (χ3v) is 5.89. The summed E-state index contributed by atoms with van der Waals surface area (Å²) in [6.07, 6.45) is 4.02. The van der Waals surface area contributed by atoms with Gasteiger partial charge in [-0.25, -0.2) is 4.79 Å². The van der Waals surface area contributed by atoms with Gasteiger partial charge in [-0.05, 0) is 37.6 Å². The van der Waals surface area contributed by atoms with Gasteiger partial charge in [-0.1, -0.05) is 0 Å². The van der Waals surface area contributed by atoms with Crippen LogP contribution in [0.25, 0.3) is 0 Å². The van der Waals surface area contributed by atoms with Gasteiger partial charge in [0.2, 0.25) is 5.91 Å². The van der Waals surface area contributed by atoms with Crippen molar-refractivity contribution in [2.75, 3.05) is 46.4 Å². The predicted molar refractivity (Wildman–Crippen MR) is 88.4 cm³/mol. The molecule has 24 heavy (non-hydrogen) atoms. The Balaban J connectivity index is 1.58. The Kier molecular flexibility index (Phi) is 5.42. The first-order valence-corrected chi connectivity index (χ1v) is 9.04. The smallest absolute Gasteiger partial charge is 0.328 e. The third-order valence-electron chi connectivity index (χ3n) is 5.89. The topological polar surface area (TPSA) is 82.1 Å². The second-order valence-corrected chi connectivity index (χ2v) is 7.34. The number of piperidine rings is 1. The van der Waals surface area contributed by atoms with Gasteiger partial charge in [0.25, 0.3) is 0 Å². The molecule has 1 unspecified atom stereocenters. The molecule has 2 heterocycles. The van der Waals surface area contributed by atoms with Crippen molar-refractivity contribution in [3.8, 4) is 0 Å². The first kappa shape index (κ1) is 17.6. The highest BCUT2D eigenvalue weighted by Crippen LogP contribution is 2.53. The van der Waals surface area contributed by atoms with Crippen molar-refractivity contribution in [2.24, 2.45) is 5.41 Å². The van der Waals surface area contributed by atoms with Gasteiger partial charge in [-0.2, -0.15) is 0 Å². The van der Waals surface area contributed by atoms with Gasteiger partial charge in [0.1, 0.15) is 6.04 Å². The fourth-order valence-corrected chi connectivity index (χ4v) is 3.98. The van der Waals surface area contributed by atoms with Gasteiger partial charge in [-0.15, -0.1) is 0 Å². The first-order chi connectivity index (χ1) is 11.6. The highest BCUT2D eigenvalue weighted by atomic mass is 16.5. The van der Waals surface area contributed by atoms with Crippen LogP contribution in [-0.2, 0) is 14.3 Å². The molecular weight excluding hydrogens is 310 g/mol. The van der Waals surface area contributed by atoms with Crippen molar-refractivity contribution < 1.29 is 19.4 Å². The summed E-state index contributed by atoms with van der Waals surface area (Å²) in [6, 6.07) is -0.531. The molecule has 2 saturated heterocycles. The number of carbonyl (C=O) groups excluding carboxylic acids is 2. The summed E-state index contributed by atoms with van der Waals surface area (Å²) in [5.41, 5.74) is 0.185. The standard InChI is InChI=1S/C17H29N3O4/c1-24-16(23)13(20-11-8-18-7-2-15(20)22)3-9-19-10-6-17(4-5-17)14(21)12-19/h13-14,18,21H,2-12H2,1H3/t13?,14-/m1/s1. The highest BCUT2D eigenvalue weighted by molar-refractivity contribution is 5.84. The first-order valence-electron chi connectivity index (χ1n) is 9.04. The molecule has 1 spiro atoms.